The van der Waals surface area contributed by atoms with Crippen molar-refractivity contribution < 1.29 is 19.7 Å². The second-order valence-electron chi connectivity index (χ2n) is 3.74. The molecular weight excluding hydrogens is 172 g/mol. The Kier molecular flexibility index (Phi) is 7.85. The molecule has 80 valence electrons. The highest BCUT2D eigenvalue weighted by Crippen LogP contribution is 2.05. The van der Waals surface area contributed by atoms with E-state index < -0.39 is 6.10 Å². The van der Waals surface area contributed by atoms with E-state index in [1.54, 1.807) is 0 Å². The smallest absolute Gasteiger partial charge is 0.303 e. The molecule has 0 aromatic heterocycles. The Labute approximate surface area is 79.5 Å². The fraction of sp³-hybridized carbons (Fsp3) is 0.889. The van der Waals surface area contributed by atoms with Crippen LogP contribution in [0.4, 0.5) is 0 Å². The lowest BCUT2D eigenvalue weighted by Gasteiger charge is -2.17. The number of aliphatic hydroxyl groups is 2. The first-order chi connectivity index (χ1) is 5.69. The van der Waals surface area contributed by atoms with E-state index in [0.717, 1.165) is 0 Å². The Bertz CT molecular complexity index is 135. The summed E-state index contributed by atoms with van der Waals surface area (Å²) in [6.45, 7) is 8.32. The Morgan fingerprint density at radius 3 is 1.77 bits per heavy atom. The maximum absolute atomic E-state index is 10.2. The van der Waals surface area contributed by atoms with Crippen molar-refractivity contribution in [3.8, 4) is 0 Å². The van der Waals surface area contributed by atoms with E-state index in [0.29, 0.717) is 0 Å². The fourth-order valence-corrected chi connectivity index (χ4v) is 0.431. The summed E-state index contributed by atoms with van der Waals surface area (Å²) in [4.78, 5) is 10.2. The number of hydrogen-bond donors (Lipinski definition) is 2. The molecule has 4 nitrogen and oxygen atoms in total. The summed E-state index contributed by atoms with van der Waals surface area (Å²) >= 11 is 0. The molecule has 0 bridgehead atoms. The van der Waals surface area contributed by atoms with Crippen molar-refractivity contribution in [1.82, 2.24) is 0 Å². The molecule has 0 rings (SSSR count). The second-order valence-corrected chi connectivity index (χ2v) is 3.74. The number of carbonyl (C=O) groups is 1. The number of hydrogen-bond acceptors (Lipinski definition) is 4. The number of esters is 1. The van der Waals surface area contributed by atoms with Gasteiger partial charge >= 0.3 is 5.97 Å². The standard InChI is InChI=1S/C6H12O2.C3H8O2/c1-5(7)8-6(2,3)4;1-3(5)2-4/h1-4H3;3-5H,2H2,1H3. The molecule has 13 heavy (non-hydrogen) atoms. The van der Waals surface area contributed by atoms with Gasteiger partial charge in [-0.25, -0.2) is 0 Å². The SMILES string of the molecule is CC(=O)OC(C)(C)C.CC(O)CO. The van der Waals surface area contributed by atoms with Crippen LogP contribution in [-0.4, -0.2) is 34.5 Å². The van der Waals surface area contributed by atoms with Crippen LogP contribution in [0.1, 0.15) is 34.6 Å². The van der Waals surface area contributed by atoms with Gasteiger partial charge in [-0.15, -0.1) is 0 Å². The van der Waals surface area contributed by atoms with Gasteiger partial charge in [-0.05, 0) is 27.7 Å². The average Bonchev–Trinajstić information content (AvgIpc) is 1.83. The molecular formula is C9H20O4. The van der Waals surface area contributed by atoms with Crippen LogP contribution in [0.3, 0.4) is 0 Å². The van der Waals surface area contributed by atoms with Crippen LogP contribution in [-0.2, 0) is 9.53 Å². The van der Waals surface area contributed by atoms with Gasteiger partial charge in [0.25, 0.3) is 0 Å². The Hall–Kier alpha value is -0.610. The van der Waals surface area contributed by atoms with Gasteiger partial charge in [0.05, 0.1) is 12.7 Å². The van der Waals surface area contributed by atoms with Crippen molar-refractivity contribution >= 4 is 5.97 Å². The summed E-state index contributed by atoms with van der Waals surface area (Å²) in [5.41, 5.74) is -0.328. The maximum atomic E-state index is 10.2. The van der Waals surface area contributed by atoms with E-state index in [1.165, 1.54) is 13.8 Å². The fourth-order valence-electron chi connectivity index (χ4n) is 0.431. The van der Waals surface area contributed by atoms with Gasteiger partial charge in [-0.3, -0.25) is 4.79 Å². The molecule has 0 aliphatic heterocycles. The molecule has 2 N–H and O–H groups in total. The summed E-state index contributed by atoms with van der Waals surface area (Å²) in [7, 11) is 0. The zero-order valence-corrected chi connectivity index (χ0v) is 9.00. The lowest BCUT2D eigenvalue weighted by atomic mass is 10.2. The van der Waals surface area contributed by atoms with Gasteiger partial charge in [-0.1, -0.05) is 0 Å². The van der Waals surface area contributed by atoms with Crippen molar-refractivity contribution in [2.45, 2.75) is 46.3 Å². The van der Waals surface area contributed by atoms with Crippen LogP contribution in [0.25, 0.3) is 0 Å². The predicted octanol–water partition coefficient (Wildman–Crippen LogP) is 0.708. The first-order valence-electron chi connectivity index (χ1n) is 4.17. The highest BCUT2D eigenvalue weighted by Gasteiger charge is 2.11. The van der Waals surface area contributed by atoms with Crippen LogP contribution in [0.5, 0.6) is 0 Å². The highest BCUT2D eigenvalue weighted by atomic mass is 16.6. The number of carbonyl (C=O) groups excluding carboxylic acids is 1. The third-order valence-corrected chi connectivity index (χ3v) is 0.714. The van der Waals surface area contributed by atoms with Crippen LogP contribution in [0.15, 0.2) is 0 Å². The third kappa shape index (κ3) is 24.6. The molecule has 0 saturated carbocycles. The highest BCUT2D eigenvalue weighted by molar-refractivity contribution is 5.66. The van der Waals surface area contributed by atoms with Crippen molar-refractivity contribution in [3.05, 3.63) is 0 Å². The second kappa shape index (κ2) is 6.86. The zero-order valence-electron chi connectivity index (χ0n) is 9.00. The maximum Gasteiger partial charge on any atom is 0.303 e. The molecule has 0 radical (unpaired) electrons. The predicted molar refractivity (Wildman–Crippen MR) is 50.3 cm³/mol. The normalized spacial score (nSPS) is 12.5. The van der Waals surface area contributed by atoms with Crippen LogP contribution < -0.4 is 0 Å². The molecule has 0 aromatic carbocycles. The Balaban J connectivity index is 0. The number of rotatable bonds is 1. The van der Waals surface area contributed by atoms with Gasteiger partial charge in [-0.2, -0.15) is 0 Å². The Morgan fingerprint density at radius 1 is 1.46 bits per heavy atom. The first kappa shape index (κ1) is 14.9. The molecule has 0 saturated heterocycles. The molecule has 0 aromatic rings. The molecule has 4 heteroatoms. The van der Waals surface area contributed by atoms with E-state index in [1.807, 2.05) is 20.8 Å². The monoisotopic (exact) mass is 192 g/mol. The quantitative estimate of drug-likeness (QED) is 0.600. The summed E-state index contributed by atoms with van der Waals surface area (Å²) in [5, 5.41) is 16.0. The summed E-state index contributed by atoms with van der Waals surface area (Å²) in [5.74, 6) is -0.225. The minimum absolute atomic E-state index is 0.139. The van der Waals surface area contributed by atoms with Crippen molar-refractivity contribution in [2.24, 2.45) is 0 Å². The molecule has 0 fully saturated rings. The van der Waals surface area contributed by atoms with E-state index in [-0.39, 0.29) is 18.2 Å². The molecule has 0 aliphatic rings. The van der Waals surface area contributed by atoms with Gasteiger partial charge < -0.3 is 14.9 Å². The van der Waals surface area contributed by atoms with E-state index >= 15 is 0 Å². The number of aliphatic hydroxyl groups excluding tert-OH is 2. The molecule has 1 atom stereocenters. The van der Waals surface area contributed by atoms with E-state index in [2.05, 4.69) is 0 Å². The number of ether oxygens (including phenoxy) is 1. The van der Waals surface area contributed by atoms with E-state index in [9.17, 15) is 4.79 Å². The summed E-state index contributed by atoms with van der Waals surface area (Å²) < 4.78 is 4.80. The zero-order chi connectivity index (χ0) is 11.1. The van der Waals surface area contributed by atoms with Gasteiger partial charge in [0.2, 0.25) is 0 Å². The summed E-state index contributed by atoms with van der Waals surface area (Å²) in [6.07, 6.45) is -0.560. The minimum atomic E-state index is -0.560. The topological polar surface area (TPSA) is 66.8 Å². The van der Waals surface area contributed by atoms with Crippen molar-refractivity contribution in [3.63, 3.8) is 0 Å². The minimum Gasteiger partial charge on any atom is -0.460 e. The van der Waals surface area contributed by atoms with Gasteiger partial charge in [0.1, 0.15) is 5.60 Å². The van der Waals surface area contributed by atoms with Crippen molar-refractivity contribution in [1.29, 1.82) is 0 Å². The lowest BCUT2D eigenvalue weighted by Crippen LogP contribution is -2.21. The molecule has 0 spiro atoms. The van der Waals surface area contributed by atoms with Crippen LogP contribution >= 0.6 is 0 Å². The molecule has 0 heterocycles. The lowest BCUT2D eigenvalue weighted by molar-refractivity contribution is -0.151. The molecule has 0 amide bonds. The van der Waals surface area contributed by atoms with Crippen molar-refractivity contribution in [2.75, 3.05) is 6.61 Å². The molecule has 0 aliphatic carbocycles. The van der Waals surface area contributed by atoms with Gasteiger partial charge in [0.15, 0.2) is 0 Å². The summed E-state index contributed by atoms with van der Waals surface area (Å²) in [6, 6.07) is 0. The molecule has 1 unspecified atom stereocenters. The van der Waals surface area contributed by atoms with E-state index in [4.69, 9.17) is 14.9 Å². The van der Waals surface area contributed by atoms with Crippen LogP contribution in [0, 0.1) is 0 Å². The largest absolute Gasteiger partial charge is 0.460 e. The van der Waals surface area contributed by atoms with Gasteiger partial charge in [0, 0.05) is 6.92 Å². The third-order valence-electron chi connectivity index (χ3n) is 0.714. The average molecular weight is 192 g/mol. The van der Waals surface area contributed by atoms with Crippen LogP contribution in [0.2, 0.25) is 0 Å². The first-order valence-corrected chi connectivity index (χ1v) is 4.17. The Morgan fingerprint density at radius 2 is 1.77 bits per heavy atom.